The third kappa shape index (κ3) is 4.57. The number of benzene rings is 1. The number of nitrogens with zero attached hydrogens (tertiary/aromatic N) is 1. The number of sulfonamides is 1. The van der Waals surface area contributed by atoms with Gasteiger partial charge >= 0.3 is 0 Å². The quantitative estimate of drug-likeness (QED) is 0.856. The van der Waals surface area contributed by atoms with Crippen molar-refractivity contribution in [2.24, 2.45) is 5.92 Å². The van der Waals surface area contributed by atoms with Crippen LogP contribution in [0.3, 0.4) is 0 Å². The Bertz CT molecular complexity index is 647. The number of hydrogen-bond acceptors (Lipinski definition) is 3. The van der Waals surface area contributed by atoms with E-state index in [-0.39, 0.29) is 23.6 Å². The molecule has 1 heterocycles. The van der Waals surface area contributed by atoms with Crippen molar-refractivity contribution in [3.63, 3.8) is 0 Å². The van der Waals surface area contributed by atoms with Gasteiger partial charge in [0.1, 0.15) is 0 Å². The lowest BCUT2D eigenvalue weighted by atomic mass is 9.95. The number of carbonyl (C=O) groups is 1. The van der Waals surface area contributed by atoms with Gasteiger partial charge in [0, 0.05) is 19.0 Å². The monoisotopic (exact) mass is 352 g/mol. The fourth-order valence-corrected chi connectivity index (χ4v) is 4.22. The first-order chi connectivity index (χ1) is 11.4. The second kappa shape index (κ2) is 8.12. The summed E-state index contributed by atoms with van der Waals surface area (Å²) >= 11 is 0. The van der Waals surface area contributed by atoms with Crippen LogP contribution >= 0.6 is 0 Å². The van der Waals surface area contributed by atoms with E-state index in [9.17, 15) is 13.2 Å². The number of piperidine rings is 1. The largest absolute Gasteiger partial charge is 0.349 e. The molecule has 134 valence electrons. The van der Waals surface area contributed by atoms with Gasteiger partial charge in [0.2, 0.25) is 15.9 Å². The highest BCUT2D eigenvalue weighted by molar-refractivity contribution is 7.89. The molecule has 0 bridgehead atoms. The average Bonchev–Trinajstić information content (AvgIpc) is 2.60. The third-order valence-electron chi connectivity index (χ3n) is 4.79. The molecule has 1 atom stereocenters. The first kappa shape index (κ1) is 18.9. The Kier molecular flexibility index (Phi) is 6.40. The van der Waals surface area contributed by atoms with Gasteiger partial charge < -0.3 is 5.32 Å². The molecule has 5 nitrogen and oxygen atoms in total. The molecular formula is C18H28N2O3S. The molecule has 0 spiro atoms. The minimum atomic E-state index is -3.14. The number of hydrogen-bond donors (Lipinski definition) is 1. The fourth-order valence-electron chi connectivity index (χ4n) is 3.09. The lowest BCUT2D eigenvalue weighted by Crippen LogP contribution is -2.44. The molecule has 1 aromatic carbocycles. The standard InChI is InChI=1S/C18H28N2O3S/c1-4-17(15-8-6-14(3)7-9-15)19-18(21)16-10-12-20(13-11-16)24(22,23)5-2/h6-9,16-17H,4-5,10-13H2,1-3H3,(H,19,21)/t17-/m0/s1. The third-order valence-corrected chi connectivity index (χ3v) is 6.67. The number of amides is 1. The zero-order valence-electron chi connectivity index (χ0n) is 14.8. The highest BCUT2D eigenvalue weighted by atomic mass is 32.2. The first-order valence-corrected chi connectivity index (χ1v) is 10.3. The summed E-state index contributed by atoms with van der Waals surface area (Å²) in [5.74, 6) is 0.0543. The lowest BCUT2D eigenvalue weighted by Gasteiger charge is -2.31. The summed E-state index contributed by atoms with van der Waals surface area (Å²) < 4.78 is 25.3. The summed E-state index contributed by atoms with van der Waals surface area (Å²) in [7, 11) is -3.14. The predicted octanol–water partition coefficient (Wildman–Crippen LogP) is 2.62. The average molecular weight is 353 g/mol. The van der Waals surface area contributed by atoms with Gasteiger partial charge in [-0.2, -0.15) is 0 Å². The maximum Gasteiger partial charge on any atom is 0.223 e. The van der Waals surface area contributed by atoms with Crippen LogP contribution in [0.2, 0.25) is 0 Å². The van der Waals surface area contributed by atoms with E-state index in [4.69, 9.17) is 0 Å². The minimum absolute atomic E-state index is 0.00973. The van der Waals surface area contributed by atoms with Crippen molar-refractivity contribution in [2.75, 3.05) is 18.8 Å². The Morgan fingerprint density at radius 2 is 1.79 bits per heavy atom. The molecule has 1 aliphatic rings. The number of carbonyl (C=O) groups excluding carboxylic acids is 1. The van der Waals surface area contributed by atoms with Crippen LogP contribution in [0.5, 0.6) is 0 Å². The molecule has 1 aliphatic heterocycles. The van der Waals surface area contributed by atoms with E-state index in [0.717, 1.165) is 12.0 Å². The topological polar surface area (TPSA) is 66.5 Å². The lowest BCUT2D eigenvalue weighted by molar-refractivity contribution is -0.126. The maximum absolute atomic E-state index is 12.6. The Morgan fingerprint density at radius 1 is 1.21 bits per heavy atom. The van der Waals surface area contributed by atoms with E-state index in [1.807, 2.05) is 6.92 Å². The summed E-state index contributed by atoms with van der Waals surface area (Å²) in [6.45, 7) is 6.63. The van der Waals surface area contributed by atoms with Crippen LogP contribution in [-0.2, 0) is 14.8 Å². The van der Waals surface area contributed by atoms with Crippen molar-refractivity contribution in [3.8, 4) is 0 Å². The van der Waals surface area contributed by atoms with Gasteiger partial charge in [-0.25, -0.2) is 12.7 Å². The zero-order chi connectivity index (χ0) is 17.7. The van der Waals surface area contributed by atoms with Crippen LogP contribution in [0, 0.1) is 12.8 Å². The van der Waals surface area contributed by atoms with Crippen LogP contribution < -0.4 is 5.32 Å². The fraction of sp³-hybridized carbons (Fsp3) is 0.611. The number of aryl methyl sites for hydroxylation is 1. The Balaban J connectivity index is 1.94. The van der Waals surface area contributed by atoms with E-state index in [2.05, 4.69) is 36.5 Å². The van der Waals surface area contributed by atoms with Crippen molar-refractivity contribution in [2.45, 2.75) is 46.1 Å². The molecule has 24 heavy (non-hydrogen) atoms. The summed E-state index contributed by atoms with van der Waals surface area (Å²) in [6, 6.07) is 8.23. The molecule has 2 rings (SSSR count). The zero-order valence-corrected chi connectivity index (χ0v) is 15.6. The molecule has 0 aliphatic carbocycles. The number of nitrogens with one attached hydrogen (secondary N) is 1. The first-order valence-electron chi connectivity index (χ1n) is 8.72. The van der Waals surface area contributed by atoms with Gasteiger partial charge in [0.05, 0.1) is 11.8 Å². The van der Waals surface area contributed by atoms with Crippen molar-refractivity contribution in [1.29, 1.82) is 0 Å². The molecule has 0 saturated carbocycles. The van der Waals surface area contributed by atoms with E-state index in [0.29, 0.717) is 25.9 Å². The molecule has 0 unspecified atom stereocenters. The number of rotatable bonds is 6. The van der Waals surface area contributed by atoms with Crippen molar-refractivity contribution in [3.05, 3.63) is 35.4 Å². The van der Waals surface area contributed by atoms with Crippen molar-refractivity contribution >= 4 is 15.9 Å². The summed E-state index contributed by atoms with van der Waals surface area (Å²) in [5, 5.41) is 3.13. The van der Waals surface area contributed by atoms with Gasteiger partial charge in [-0.15, -0.1) is 0 Å². The van der Waals surface area contributed by atoms with Crippen molar-refractivity contribution < 1.29 is 13.2 Å². The maximum atomic E-state index is 12.6. The van der Waals surface area contributed by atoms with Crippen LogP contribution in [-0.4, -0.2) is 37.5 Å². The normalized spacial score (nSPS) is 18.3. The second-order valence-corrected chi connectivity index (χ2v) is 8.71. The van der Waals surface area contributed by atoms with Crippen molar-refractivity contribution in [1.82, 2.24) is 9.62 Å². The predicted molar refractivity (Wildman–Crippen MR) is 96.1 cm³/mol. The van der Waals surface area contributed by atoms with Crippen LogP contribution in [0.1, 0.15) is 50.3 Å². The van der Waals surface area contributed by atoms with Crippen LogP contribution in [0.15, 0.2) is 24.3 Å². The molecule has 0 radical (unpaired) electrons. The van der Waals surface area contributed by atoms with Gasteiger partial charge in [0.25, 0.3) is 0 Å². The Morgan fingerprint density at radius 3 is 2.29 bits per heavy atom. The van der Waals surface area contributed by atoms with Gasteiger partial charge in [-0.3, -0.25) is 4.79 Å². The molecule has 1 fully saturated rings. The van der Waals surface area contributed by atoms with Gasteiger partial charge in [0.15, 0.2) is 0 Å². The molecule has 1 saturated heterocycles. The molecule has 0 aromatic heterocycles. The van der Waals surface area contributed by atoms with E-state index < -0.39 is 10.0 Å². The Labute approximate surface area is 145 Å². The highest BCUT2D eigenvalue weighted by Crippen LogP contribution is 2.23. The molecule has 6 heteroatoms. The van der Waals surface area contributed by atoms with Gasteiger partial charge in [-0.1, -0.05) is 36.8 Å². The second-order valence-electron chi connectivity index (χ2n) is 6.45. The minimum Gasteiger partial charge on any atom is -0.349 e. The SMILES string of the molecule is CC[C@H](NC(=O)C1CCN(S(=O)(=O)CC)CC1)c1ccc(C)cc1. The molecular weight excluding hydrogens is 324 g/mol. The Hall–Kier alpha value is -1.40. The van der Waals surface area contributed by atoms with Gasteiger partial charge in [-0.05, 0) is 38.7 Å². The van der Waals surface area contributed by atoms with E-state index in [1.165, 1.54) is 9.87 Å². The summed E-state index contributed by atoms with van der Waals surface area (Å²) in [6.07, 6.45) is 2.02. The van der Waals surface area contributed by atoms with Crippen LogP contribution in [0.4, 0.5) is 0 Å². The van der Waals surface area contributed by atoms with E-state index >= 15 is 0 Å². The molecule has 1 aromatic rings. The summed E-state index contributed by atoms with van der Waals surface area (Å²) in [4.78, 5) is 12.6. The highest BCUT2D eigenvalue weighted by Gasteiger charge is 2.30. The smallest absolute Gasteiger partial charge is 0.223 e. The molecule has 1 N–H and O–H groups in total. The van der Waals surface area contributed by atoms with E-state index in [1.54, 1.807) is 6.92 Å². The van der Waals surface area contributed by atoms with Crippen LogP contribution in [0.25, 0.3) is 0 Å². The molecule has 1 amide bonds. The summed E-state index contributed by atoms with van der Waals surface area (Å²) in [5.41, 5.74) is 2.31.